The van der Waals surface area contributed by atoms with E-state index in [-0.39, 0.29) is 17.2 Å². The van der Waals surface area contributed by atoms with E-state index >= 15 is 0 Å². The van der Waals surface area contributed by atoms with E-state index in [1.54, 1.807) is 0 Å². The minimum absolute atomic E-state index is 0.0367. The normalized spacial score (nSPS) is 11.0. The standard InChI is InChI=1S/C17H13F4NO3/c1-24-15-6-10(2-4-14(15)25-17(20)21)3-5-16(23)22-13-8-11(18)7-12(19)9-13/h2-9,17H,1H3,(H,22,23)/b5-3+. The zero-order chi connectivity index (χ0) is 18.4. The van der Waals surface area contributed by atoms with E-state index in [1.807, 2.05) is 0 Å². The van der Waals surface area contributed by atoms with E-state index < -0.39 is 24.2 Å². The van der Waals surface area contributed by atoms with Gasteiger partial charge in [0.1, 0.15) is 11.6 Å². The van der Waals surface area contributed by atoms with Crippen molar-refractivity contribution in [3.05, 3.63) is 59.7 Å². The Kier molecular flexibility index (Phi) is 5.99. The van der Waals surface area contributed by atoms with Crippen LogP contribution in [-0.2, 0) is 4.79 Å². The van der Waals surface area contributed by atoms with Crippen LogP contribution in [0, 0.1) is 11.6 Å². The van der Waals surface area contributed by atoms with Crippen LogP contribution in [-0.4, -0.2) is 19.6 Å². The number of hydrogen-bond donors (Lipinski definition) is 1. The van der Waals surface area contributed by atoms with Crippen LogP contribution in [0.1, 0.15) is 5.56 Å². The average molecular weight is 355 g/mol. The Morgan fingerprint density at radius 2 is 1.76 bits per heavy atom. The maximum Gasteiger partial charge on any atom is 0.387 e. The molecule has 0 spiro atoms. The number of benzene rings is 2. The number of nitrogens with one attached hydrogen (secondary N) is 1. The summed E-state index contributed by atoms with van der Waals surface area (Å²) < 4.78 is 59.8. The third kappa shape index (κ3) is 5.52. The summed E-state index contributed by atoms with van der Waals surface area (Å²) >= 11 is 0. The number of methoxy groups -OCH3 is 1. The smallest absolute Gasteiger partial charge is 0.387 e. The molecule has 2 aromatic carbocycles. The minimum atomic E-state index is -2.99. The second-order valence-corrected chi connectivity index (χ2v) is 4.77. The third-order valence-electron chi connectivity index (χ3n) is 2.96. The Labute approximate surface area is 140 Å². The predicted molar refractivity (Wildman–Crippen MR) is 83.6 cm³/mol. The zero-order valence-electron chi connectivity index (χ0n) is 12.9. The molecule has 0 aliphatic heterocycles. The van der Waals surface area contributed by atoms with Crippen molar-refractivity contribution >= 4 is 17.7 Å². The van der Waals surface area contributed by atoms with Crippen molar-refractivity contribution in [2.24, 2.45) is 0 Å². The SMILES string of the molecule is COc1cc(/C=C/C(=O)Nc2cc(F)cc(F)c2)ccc1OC(F)F. The lowest BCUT2D eigenvalue weighted by atomic mass is 10.2. The van der Waals surface area contributed by atoms with E-state index in [4.69, 9.17) is 4.74 Å². The molecule has 0 aliphatic rings. The summed E-state index contributed by atoms with van der Waals surface area (Å²) in [5.74, 6) is -2.35. The largest absolute Gasteiger partial charge is 0.493 e. The topological polar surface area (TPSA) is 47.6 Å². The highest BCUT2D eigenvalue weighted by atomic mass is 19.3. The molecule has 0 bridgehead atoms. The van der Waals surface area contributed by atoms with Gasteiger partial charge >= 0.3 is 6.61 Å². The summed E-state index contributed by atoms with van der Waals surface area (Å²) in [6.07, 6.45) is 2.49. The fourth-order valence-corrected chi connectivity index (χ4v) is 1.96. The fraction of sp³-hybridized carbons (Fsp3) is 0.118. The molecule has 0 atom stereocenters. The zero-order valence-corrected chi connectivity index (χ0v) is 12.9. The summed E-state index contributed by atoms with van der Waals surface area (Å²) in [5, 5.41) is 2.30. The molecule has 8 heteroatoms. The average Bonchev–Trinajstić information content (AvgIpc) is 2.52. The maximum absolute atomic E-state index is 13.1. The Morgan fingerprint density at radius 1 is 1.08 bits per heavy atom. The van der Waals surface area contributed by atoms with Crippen LogP contribution in [0.2, 0.25) is 0 Å². The number of carbonyl (C=O) groups excluding carboxylic acids is 1. The van der Waals surface area contributed by atoms with Crippen LogP contribution >= 0.6 is 0 Å². The number of anilines is 1. The summed E-state index contributed by atoms with van der Waals surface area (Å²) in [4.78, 5) is 11.8. The van der Waals surface area contributed by atoms with Crippen molar-refractivity contribution < 1.29 is 31.8 Å². The molecule has 2 rings (SSSR count). The summed E-state index contributed by atoms with van der Waals surface area (Å²) in [5.41, 5.74) is 0.435. The maximum atomic E-state index is 13.1. The number of ether oxygens (including phenoxy) is 2. The first-order valence-electron chi connectivity index (χ1n) is 6.95. The number of rotatable bonds is 6. The molecule has 25 heavy (non-hydrogen) atoms. The van der Waals surface area contributed by atoms with Gasteiger partial charge in [0.25, 0.3) is 0 Å². The molecule has 1 amide bonds. The highest BCUT2D eigenvalue weighted by Gasteiger charge is 2.10. The molecular formula is C17H13F4NO3. The van der Waals surface area contributed by atoms with Crippen LogP contribution in [0.3, 0.4) is 0 Å². The lowest BCUT2D eigenvalue weighted by molar-refractivity contribution is -0.111. The molecule has 1 N–H and O–H groups in total. The molecule has 0 saturated carbocycles. The Balaban J connectivity index is 2.08. The molecule has 0 heterocycles. The first-order chi connectivity index (χ1) is 11.9. The van der Waals surface area contributed by atoms with Gasteiger partial charge < -0.3 is 14.8 Å². The molecule has 0 fully saturated rings. The highest BCUT2D eigenvalue weighted by Crippen LogP contribution is 2.29. The number of hydrogen-bond acceptors (Lipinski definition) is 3. The lowest BCUT2D eigenvalue weighted by Gasteiger charge is -2.10. The summed E-state index contributed by atoms with van der Waals surface area (Å²) in [6, 6.07) is 6.71. The van der Waals surface area contributed by atoms with Crippen LogP contribution in [0.4, 0.5) is 23.2 Å². The van der Waals surface area contributed by atoms with Crippen molar-refractivity contribution in [1.29, 1.82) is 0 Å². The molecule has 132 valence electrons. The van der Waals surface area contributed by atoms with Crippen molar-refractivity contribution in [2.75, 3.05) is 12.4 Å². The number of halogens is 4. The van der Waals surface area contributed by atoms with Crippen LogP contribution in [0.15, 0.2) is 42.5 Å². The summed E-state index contributed by atoms with van der Waals surface area (Å²) in [7, 11) is 1.28. The van der Waals surface area contributed by atoms with Gasteiger partial charge in [-0.1, -0.05) is 6.07 Å². The quantitative estimate of drug-likeness (QED) is 0.623. The van der Waals surface area contributed by atoms with E-state index in [0.29, 0.717) is 11.6 Å². The van der Waals surface area contributed by atoms with Crippen molar-refractivity contribution in [3.63, 3.8) is 0 Å². The van der Waals surface area contributed by atoms with Gasteiger partial charge in [-0.3, -0.25) is 4.79 Å². The van der Waals surface area contributed by atoms with E-state index in [9.17, 15) is 22.4 Å². The van der Waals surface area contributed by atoms with Gasteiger partial charge in [0, 0.05) is 17.8 Å². The van der Waals surface area contributed by atoms with E-state index in [2.05, 4.69) is 10.1 Å². The van der Waals surface area contributed by atoms with E-state index in [1.165, 1.54) is 31.4 Å². The van der Waals surface area contributed by atoms with E-state index in [0.717, 1.165) is 18.2 Å². The van der Waals surface area contributed by atoms with Crippen LogP contribution in [0.25, 0.3) is 6.08 Å². The van der Waals surface area contributed by atoms with Crippen molar-refractivity contribution in [3.8, 4) is 11.5 Å². The van der Waals surface area contributed by atoms with Crippen molar-refractivity contribution in [2.45, 2.75) is 6.61 Å². The number of alkyl halides is 2. The Hall–Kier alpha value is -3.03. The molecule has 0 unspecified atom stereocenters. The van der Waals surface area contributed by atoms with Gasteiger partial charge in [-0.25, -0.2) is 8.78 Å². The Morgan fingerprint density at radius 3 is 2.36 bits per heavy atom. The number of amides is 1. The molecule has 0 saturated heterocycles. The van der Waals surface area contributed by atoms with Gasteiger partial charge in [-0.05, 0) is 35.9 Å². The van der Waals surface area contributed by atoms with Crippen LogP contribution < -0.4 is 14.8 Å². The lowest BCUT2D eigenvalue weighted by Crippen LogP contribution is -2.08. The predicted octanol–water partition coefficient (Wildman–Crippen LogP) is 4.23. The van der Waals surface area contributed by atoms with Crippen molar-refractivity contribution in [1.82, 2.24) is 0 Å². The molecular weight excluding hydrogens is 342 g/mol. The first-order valence-corrected chi connectivity index (χ1v) is 6.95. The van der Waals surface area contributed by atoms with Gasteiger partial charge in [-0.2, -0.15) is 8.78 Å². The van der Waals surface area contributed by atoms with Crippen LogP contribution in [0.5, 0.6) is 11.5 Å². The monoisotopic (exact) mass is 355 g/mol. The van der Waals surface area contributed by atoms with Gasteiger partial charge in [-0.15, -0.1) is 0 Å². The second-order valence-electron chi connectivity index (χ2n) is 4.77. The molecule has 0 aromatic heterocycles. The molecule has 0 aliphatic carbocycles. The minimum Gasteiger partial charge on any atom is -0.493 e. The summed E-state index contributed by atoms with van der Waals surface area (Å²) in [6.45, 7) is -2.99. The highest BCUT2D eigenvalue weighted by molar-refractivity contribution is 6.01. The Bertz CT molecular complexity index is 773. The molecule has 4 nitrogen and oxygen atoms in total. The second kappa shape index (κ2) is 8.18. The van der Waals surface area contributed by atoms with Gasteiger partial charge in [0.2, 0.25) is 5.91 Å². The number of carbonyl (C=O) groups is 1. The van der Waals surface area contributed by atoms with Gasteiger partial charge in [0.15, 0.2) is 11.5 Å². The third-order valence-corrected chi connectivity index (χ3v) is 2.96. The van der Waals surface area contributed by atoms with Gasteiger partial charge in [0.05, 0.1) is 7.11 Å². The molecule has 0 radical (unpaired) electrons. The fourth-order valence-electron chi connectivity index (χ4n) is 1.96. The first kappa shape index (κ1) is 18.3. The molecule has 2 aromatic rings.